The highest BCUT2D eigenvalue weighted by Crippen LogP contribution is 2.34. The Hall–Kier alpha value is -3.85. The Kier molecular flexibility index (Phi) is 6.97. The lowest BCUT2D eigenvalue weighted by Crippen LogP contribution is -2.54. The molecule has 2 aromatic rings. The molecule has 13 nitrogen and oxygen atoms in total. The van der Waals surface area contributed by atoms with Gasteiger partial charge in [-0.25, -0.2) is 14.6 Å². The van der Waals surface area contributed by atoms with E-state index >= 15 is 0 Å². The number of aromatic carboxylic acids is 1. The molecule has 0 radical (unpaired) electrons. The van der Waals surface area contributed by atoms with Gasteiger partial charge in [-0.1, -0.05) is 5.16 Å². The average Bonchev–Trinajstić information content (AvgIpc) is 3.19. The number of nitrogens with zero attached hydrogens (tertiary/aromatic N) is 2. The van der Waals surface area contributed by atoms with Gasteiger partial charge in [-0.05, 0) is 38.0 Å². The fourth-order valence-corrected chi connectivity index (χ4v) is 3.47. The molecule has 34 heavy (non-hydrogen) atoms. The molecule has 1 aliphatic rings. The molecule has 0 bridgehead atoms. The number of benzene rings is 1. The van der Waals surface area contributed by atoms with E-state index in [1.165, 1.54) is 38.5 Å². The zero-order valence-corrected chi connectivity index (χ0v) is 19.1. The highest BCUT2D eigenvalue weighted by atomic mass is 32.1. The number of nitrogen functional groups attached to an aromatic ring is 1. The van der Waals surface area contributed by atoms with E-state index in [0.29, 0.717) is 5.56 Å². The van der Waals surface area contributed by atoms with E-state index < -0.39 is 36.5 Å². The molecule has 1 aromatic carbocycles. The SMILES string of the molecule is COc1cc2c(c(C(=O)O)c1)OB(O)[C@@H](NC(=O)/C(=N\OC(C)(C)C(=O)O)c1csc(N)n1)C2. The van der Waals surface area contributed by atoms with Crippen molar-refractivity contribution in [3.8, 4) is 11.5 Å². The van der Waals surface area contributed by atoms with Crippen molar-refractivity contribution in [1.29, 1.82) is 0 Å². The third kappa shape index (κ3) is 5.21. The predicted octanol–water partition coefficient (Wildman–Crippen LogP) is 0.156. The third-order valence-corrected chi connectivity index (χ3v) is 5.48. The molecule has 0 aliphatic carbocycles. The molecule has 0 saturated heterocycles. The van der Waals surface area contributed by atoms with Crippen molar-refractivity contribution >= 4 is 47.1 Å². The summed E-state index contributed by atoms with van der Waals surface area (Å²) in [7, 11) is -0.229. The molecule has 1 aromatic heterocycles. The van der Waals surface area contributed by atoms with Gasteiger partial charge in [-0.2, -0.15) is 0 Å². The third-order valence-electron chi connectivity index (χ3n) is 4.80. The Balaban J connectivity index is 1.89. The number of anilines is 1. The van der Waals surface area contributed by atoms with Crippen LogP contribution < -0.4 is 20.4 Å². The van der Waals surface area contributed by atoms with E-state index in [-0.39, 0.29) is 40.0 Å². The van der Waals surface area contributed by atoms with Crippen LogP contribution in [-0.4, -0.2) is 69.5 Å². The van der Waals surface area contributed by atoms with Crippen LogP contribution in [-0.2, 0) is 20.8 Å². The number of thiazole rings is 1. The van der Waals surface area contributed by atoms with Crippen LogP contribution >= 0.6 is 11.3 Å². The minimum atomic E-state index is -1.75. The summed E-state index contributed by atoms with van der Waals surface area (Å²) in [6.45, 7) is 2.49. The van der Waals surface area contributed by atoms with E-state index in [0.717, 1.165) is 11.3 Å². The molecule has 15 heteroatoms. The molecule has 0 fully saturated rings. The largest absolute Gasteiger partial charge is 0.547 e. The normalized spacial score (nSPS) is 15.7. The first-order chi connectivity index (χ1) is 15.9. The number of carboxylic acid groups (broad SMARTS) is 2. The maximum atomic E-state index is 13.0. The molecule has 0 saturated carbocycles. The van der Waals surface area contributed by atoms with E-state index in [2.05, 4.69) is 15.5 Å². The average molecular weight is 492 g/mol. The van der Waals surface area contributed by atoms with Crippen LogP contribution in [0.5, 0.6) is 11.5 Å². The lowest BCUT2D eigenvalue weighted by Gasteiger charge is -2.29. The highest BCUT2D eigenvalue weighted by molar-refractivity contribution is 7.13. The number of amides is 1. The number of hydrogen-bond acceptors (Lipinski definition) is 11. The zero-order chi connectivity index (χ0) is 25.2. The van der Waals surface area contributed by atoms with Gasteiger partial charge in [0.1, 0.15) is 22.8 Å². The number of methoxy groups -OCH3 is 1. The summed E-state index contributed by atoms with van der Waals surface area (Å²) in [5, 5.41) is 36.9. The van der Waals surface area contributed by atoms with Gasteiger partial charge in [0.25, 0.3) is 5.91 Å². The number of aliphatic carboxylic acids is 1. The van der Waals surface area contributed by atoms with Crippen LogP contribution in [0, 0.1) is 0 Å². The summed E-state index contributed by atoms with van der Waals surface area (Å²) in [4.78, 5) is 45.0. The molecular weight excluding hydrogens is 471 g/mol. The lowest BCUT2D eigenvalue weighted by molar-refractivity contribution is -0.161. The van der Waals surface area contributed by atoms with E-state index in [4.69, 9.17) is 20.0 Å². The van der Waals surface area contributed by atoms with Crippen molar-refractivity contribution in [2.24, 2.45) is 5.16 Å². The summed E-state index contributed by atoms with van der Waals surface area (Å²) in [5.74, 6) is -4.26. The van der Waals surface area contributed by atoms with Crippen LogP contribution in [0.4, 0.5) is 5.13 Å². The zero-order valence-electron chi connectivity index (χ0n) is 18.3. The molecule has 1 amide bonds. The quantitative estimate of drug-likeness (QED) is 0.191. The number of carboxylic acids is 2. The Morgan fingerprint density at radius 3 is 2.62 bits per heavy atom. The minimum Gasteiger partial charge on any atom is -0.534 e. The number of ether oxygens (including phenoxy) is 1. The number of fused-ring (bicyclic) bond motifs is 1. The molecule has 0 spiro atoms. The van der Waals surface area contributed by atoms with Crippen LogP contribution in [0.15, 0.2) is 22.7 Å². The number of carbonyl (C=O) groups is 3. The minimum absolute atomic E-state index is 0.00627. The van der Waals surface area contributed by atoms with Gasteiger partial charge >= 0.3 is 19.1 Å². The molecule has 0 unspecified atom stereocenters. The van der Waals surface area contributed by atoms with Gasteiger partial charge in [-0.15, -0.1) is 11.3 Å². The maximum Gasteiger partial charge on any atom is 0.547 e. The van der Waals surface area contributed by atoms with Crippen LogP contribution in [0.3, 0.4) is 0 Å². The van der Waals surface area contributed by atoms with Crippen molar-refractivity contribution in [2.75, 3.05) is 12.8 Å². The second kappa shape index (κ2) is 9.57. The summed E-state index contributed by atoms with van der Waals surface area (Å²) in [6.07, 6.45) is -0.00627. The first-order valence-electron chi connectivity index (χ1n) is 9.73. The van der Waals surface area contributed by atoms with Crippen molar-refractivity contribution in [3.63, 3.8) is 0 Å². The van der Waals surface area contributed by atoms with Crippen LogP contribution in [0.1, 0.15) is 35.5 Å². The summed E-state index contributed by atoms with van der Waals surface area (Å²) >= 11 is 1.03. The van der Waals surface area contributed by atoms with Gasteiger partial charge in [-0.3, -0.25) is 4.79 Å². The smallest absolute Gasteiger partial charge is 0.534 e. The number of nitrogens with one attached hydrogen (secondary N) is 1. The maximum absolute atomic E-state index is 13.0. The lowest BCUT2D eigenvalue weighted by atomic mass is 9.72. The van der Waals surface area contributed by atoms with Crippen molar-refractivity contribution in [3.05, 3.63) is 34.3 Å². The molecule has 3 rings (SSSR count). The second-order valence-corrected chi connectivity index (χ2v) is 8.57. The predicted molar refractivity (Wildman–Crippen MR) is 120 cm³/mol. The van der Waals surface area contributed by atoms with Gasteiger partial charge in [0.15, 0.2) is 10.8 Å². The van der Waals surface area contributed by atoms with Gasteiger partial charge in [0.2, 0.25) is 5.60 Å². The Morgan fingerprint density at radius 1 is 1.35 bits per heavy atom. The Bertz CT molecular complexity index is 1170. The number of nitrogens with two attached hydrogens (primary N) is 1. The summed E-state index contributed by atoms with van der Waals surface area (Å²) in [6, 6.07) is 2.78. The topological polar surface area (TPSA) is 203 Å². The van der Waals surface area contributed by atoms with Gasteiger partial charge in [0.05, 0.1) is 13.1 Å². The number of aromatic nitrogens is 1. The molecular formula is C19H21BN4O9S. The molecule has 180 valence electrons. The highest BCUT2D eigenvalue weighted by Gasteiger charge is 2.39. The summed E-state index contributed by atoms with van der Waals surface area (Å²) < 4.78 is 10.5. The number of carbonyl (C=O) groups excluding carboxylic acids is 1. The first-order valence-corrected chi connectivity index (χ1v) is 10.6. The van der Waals surface area contributed by atoms with Crippen molar-refractivity contribution in [2.45, 2.75) is 31.8 Å². The molecule has 2 heterocycles. The Morgan fingerprint density at radius 2 is 2.06 bits per heavy atom. The number of rotatable bonds is 8. The monoisotopic (exact) mass is 492 g/mol. The Labute approximate surface area is 197 Å². The first kappa shape index (κ1) is 24.8. The van der Waals surface area contributed by atoms with Gasteiger partial charge < -0.3 is 40.5 Å². The molecule has 6 N–H and O–H groups in total. The van der Waals surface area contributed by atoms with Gasteiger partial charge in [0, 0.05) is 5.38 Å². The molecule has 1 aliphatic heterocycles. The van der Waals surface area contributed by atoms with E-state index in [9.17, 15) is 29.6 Å². The number of hydrogen-bond donors (Lipinski definition) is 5. The summed E-state index contributed by atoms with van der Waals surface area (Å²) in [5.41, 5.74) is 3.72. The van der Waals surface area contributed by atoms with Crippen molar-refractivity contribution < 1.29 is 43.8 Å². The second-order valence-electron chi connectivity index (χ2n) is 7.68. The van der Waals surface area contributed by atoms with Crippen LogP contribution in [0.25, 0.3) is 0 Å². The van der Waals surface area contributed by atoms with E-state index in [1.54, 1.807) is 0 Å². The number of oxime groups is 1. The molecule has 1 atom stereocenters. The van der Waals surface area contributed by atoms with E-state index in [1.807, 2.05) is 0 Å². The fraction of sp³-hybridized carbons (Fsp3) is 0.316. The van der Waals surface area contributed by atoms with Crippen LogP contribution in [0.2, 0.25) is 0 Å². The standard InChI is InChI=1S/C19H21BN4O9S/c1-19(2,17(28)29)33-24-13(11-7-34-18(21)22-11)15(25)23-12-5-8-4-9(31-3)6-10(16(26)27)14(8)32-20(12)30/h4,6-7,12,30H,5H2,1-3H3,(H2,21,22)(H,23,25)(H,26,27)(H,28,29)/b24-13-/t12-/m0/s1. The fourth-order valence-electron chi connectivity index (χ4n) is 2.93. The van der Waals surface area contributed by atoms with Crippen molar-refractivity contribution in [1.82, 2.24) is 10.3 Å².